The Hall–Kier alpha value is -4.69. The van der Waals surface area contributed by atoms with Gasteiger partial charge in [0.2, 0.25) is 34.8 Å². The number of pyridine rings is 1. The van der Waals surface area contributed by atoms with Crippen molar-refractivity contribution in [3.8, 4) is 34.1 Å². The summed E-state index contributed by atoms with van der Waals surface area (Å²) in [6.45, 7) is 0. The molecule has 0 radical (unpaired) electrons. The summed E-state index contributed by atoms with van der Waals surface area (Å²) < 4.78 is 126. The summed E-state index contributed by atoms with van der Waals surface area (Å²) in [5.41, 5.74) is -0.260. The molecule has 0 spiro atoms. The average molecular weight is 656 g/mol. The lowest BCUT2D eigenvalue weighted by Gasteiger charge is -2.17. The van der Waals surface area contributed by atoms with Crippen LogP contribution in [0.15, 0.2) is 70.4 Å². The van der Waals surface area contributed by atoms with Crippen LogP contribution in [0.1, 0.15) is 0 Å². The highest BCUT2D eigenvalue weighted by molar-refractivity contribution is 7.87. The van der Waals surface area contributed by atoms with Crippen LogP contribution in [0.25, 0.3) is 27.7 Å². The third-order valence-electron chi connectivity index (χ3n) is 6.49. The highest BCUT2D eigenvalue weighted by atomic mass is 35.5. The van der Waals surface area contributed by atoms with Crippen molar-refractivity contribution in [1.82, 2.24) is 4.57 Å². The maximum atomic E-state index is 15.5. The summed E-state index contributed by atoms with van der Waals surface area (Å²) in [6.07, 6.45) is 0. The fourth-order valence-electron chi connectivity index (χ4n) is 4.37. The molecule has 228 valence electrons. The molecule has 0 amide bonds. The fourth-order valence-corrected chi connectivity index (χ4v) is 5.54. The Morgan fingerprint density at radius 2 is 1.36 bits per heavy atom. The molecule has 0 aliphatic heterocycles. The second kappa shape index (κ2) is 11.4. The minimum Gasteiger partial charge on any atom is -0.495 e. The minimum absolute atomic E-state index is 0.0284. The number of rotatable bonds is 7. The van der Waals surface area contributed by atoms with Crippen molar-refractivity contribution in [1.29, 1.82) is 0 Å². The molecule has 7 nitrogen and oxygen atoms in total. The zero-order valence-corrected chi connectivity index (χ0v) is 23.8. The zero-order valence-electron chi connectivity index (χ0n) is 22.2. The van der Waals surface area contributed by atoms with Gasteiger partial charge in [0, 0.05) is 23.1 Å². The molecule has 4 aromatic carbocycles. The molecule has 0 saturated carbocycles. The van der Waals surface area contributed by atoms with E-state index in [0.29, 0.717) is 10.6 Å². The quantitative estimate of drug-likeness (QED) is 0.0819. The molecule has 1 heterocycles. The lowest BCUT2D eigenvalue weighted by Crippen LogP contribution is -2.19. The predicted octanol–water partition coefficient (Wildman–Crippen LogP) is 6.93. The van der Waals surface area contributed by atoms with Crippen LogP contribution in [0.3, 0.4) is 0 Å². The summed E-state index contributed by atoms with van der Waals surface area (Å²) in [4.78, 5) is 12.2. The van der Waals surface area contributed by atoms with Gasteiger partial charge < -0.3 is 13.7 Å². The Morgan fingerprint density at radius 1 is 0.727 bits per heavy atom. The fraction of sp³-hybridized carbons (Fsp3) is 0.0690. The van der Waals surface area contributed by atoms with Crippen molar-refractivity contribution in [2.75, 3.05) is 14.2 Å². The lowest BCUT2D eigenvalue weighted by molar-refractivity contribution is 0.346. The first-order valence-corrected chi connectivity index (χ1v) is 13.9. The Kier molecular flexibility index (Phi) is 7.99. The number of methoxy groups -OCH3 is 2. The summed E-state index contributed by atoms with van der Waals surface area (Å²) in [6, 6.07) is 12.0. The average Bonchev–Trinajstić information content (AvgIpc) is 3.01. The summed E-state index contributed by atoms with van der Waals surface area (Å²) in [7, 11) is -2.51. The molecule has 0 saturated heterocycles. The number of benzene rings is 4. The van der Waals surface area contributed by atoms with Crippen LogP contribution < -0.4 is 19.2 Å². The molecule has 0 aliphatic carbocycles. The van der Waals surface area contributed by atoms with E-state index in [2.05, 4.69) is 4.18 Å². The van der Waals surface area contributed by atoms with E-state index < -0.39 is 61.2 Å². The minimum atomic E-state index is -5.18. The van der Waals surface area contributed by atoms with E-state index in [-0.39, 0.29) is 33.7 Å². The molecule has 0 fully saturated rings. The molecular formula is C29H16ClF6NO6S. The topological polar surface area (TPSA) is 83.8 Å². The second-order valence-corrected chi connectivity index (χ2v) is 11.0. The summed E-state index contributed by atoms with van der Waals surface area (Å²) in [5, 5.41) is 0.322. The van der Waals surface area contributed by atoms with Gasteiger partial charge in [0.05, 0.1) is 30.4 Å². The molecule has 0 N–H and O–H groups in total. The van der Waals surface area contributed by atoms with Gasteiger partial charge in [-0.05, 0) is 48.0 Å². The first-order valence-electron chi connectivity index (χ1n) is 12.1. The molecule has 44 heavy (non-hydrogen) atoms. The molecule has 15 heteroatoms. The Labute approximate surface area is 249 Å². The molecule has 0 unspecified atom stereocenters. The van der Waals surface area contributed by atoms with Gasteiger partial charge in [0.25, 0.3) is 5.56 Å². The van der Waals surface area contributed by atoms with Crippen molar-refractivity contribution in [3.63, 3.8) is 0 Å². The van der Waals surface area contributed by atoms with Gasteiger partial charge in [-0.15, -0.1) is 0 Å². The van der Waals surface area contributed by atoms with E-state index in [9.17, 15) is 35.2 Å². The molecule has 0 aliphatic rings. The molecule has 0 bridgehead atoms. The monoisotopic (exact) mass is 655 g/mol. The summed E-state index contributed by atoms with van der Waals surface area (Å²) >= 11 is 6.07. The van der Waals surface area contributed by atoms with Crippen LogP contribution >= 0.6 is 11.6 Å². The smallest absolute Gasteiger partial charge is 0.339 e. The van der Waals surface area contributed by atoms with Crippen molar-refractivity contribution < 1.29 is 48.4 Å². The van der Waals surface area contributed by atoms with E-state index in [1.165, 1.54) is 38.5 Å². The van der Waals surface area contributed by atoms with Crippen LogP contribution in [0.4, 0.5) is 26.3 Å². The van der Waals surface area contributed by atoms with E-state index in [4.69, 9.17) is 21.1 Å². The Balaban J connectivity index is 1.62. The van der Waals surface area contributed by atoms with Gasteiger partial charge >= 0.3 is 10.1 Å². The SMILES string of the molecule is COc1cc(-c2cc(OC)c(-n3c(=O)ccc4cc(S(=O)(=O)Oc5c(F)c(F)c(F)c(F)c5F)ccc43)cc2F)ccc1Cl. The van der Waals surface area contributed by atoms with Crippen molar-refractivity contribution in [2.45, 2.75) is 4.90 Å². The van der Waals surface area contributed by atoms with Gasteiger partial charge in [-0.25, -0.2) is 17.6 Å². The maximum absolute atomic E-state index is 15.5. The number of halogens is 7. The van der Waals surface area contributed by atoms with Crippen LogP contribution in [-0.4, -0.2) is 27.2 Å². The lowest BCUT2D eigenvalue weighted by atomic mass is 10.0. The van der Waals surface area contributed by atoms with Crippen molar-refractivity contribution >= 4 is 32.6 Å². The Bertz CT molecular complexity index is 2130. The number of aromatic nitrogens is 1. The highest BCUT2D eigenvalue weighted by Crippen LogP contribution is 2.37. The van der Waals surface area contributed by atoms with Crippen LogP contribution in [0, 0.1) is 34.9 Å². The van der Waals surface area contributed by atoms with Crippen molar-refractivity contribution in [3.05, 3.63) is 111 Å². The van der Waals surface area contributed by atoms with E-state index in [0.717, 1.165) is 34.9 Å². The van der Waals surface area contributed by atoms with Crippen LogP contribution in [0.5, 0.6) is 17.2 Å². The predicted molar refractivity (Wildman–Crippen MR) is 147 cm³/mol. The van der Waals surface area contributed by atoms with Crippen LogP contribution in [0.2, 0.25) is 5.02 Å². The van der Waals surface area contributed by atoms with Gasteiger partial charge in [0.15, 0.2) is 0 Å². The standard InChI is InChI=1S/C29H16ClF6NO6S/c1-41-21-10-13(3-6-17(21)30)16-11-22(42-2)20(12-18(16)31)37-19-7-5-15(9-14(19)4-8-23(37)38)44(39,40)43-29-27(35)25(33)24(32)26(34)28(29)36/h3-12H,1-2H3. The summed E-state index contributed by atoms with van der Waals surface area (Å²) in [5.74, 6) is -14.8. The normalized spacial score (nSPS) is 11.6. The van der Waals surface area contributed by atoms with Gasteiger partial charge in [0.1, 0.15) is 22.2 Å². The first kappa shape index (κ1) is 30.8. The number of fused-ring (bicyclic) bond motifs is 1. The first-order chi connectivity index (χ1) is 20.8. The molecule has 1 aromatic heterocycles. The van der Waals surface area contributed by atoms with E-state index in [1.54, 1.807) is 6.07 Å². The number of ether oxygens (including phenoxy) is 2. The largest absolute Gasteiger partial charge is 0.495 e. The number of nitrogens with zero attached hydrogens (tertiary/aromatic N) is 1. The zero-order chi connectivity index (χ0) is 32.1. The van der Waals surface area contributed by atoms with Crippen molar-refractivity contribution in [2.24, 2.45) is 0 Å². The van der Waals surface area contributed by atoms with Gasteiger partial charge in [-0.3, -0.25) is 9.36 Å². The van der Waals surface area contributed by atoms with E-state index in [1.807, 2.05) is 0 Å². The Morgan fingerprint density at radius 3 is 2.00 bits per heavy atom. The molecule has 0 atom stereocenters. The molecule has 5 aromatic rings. The number of hydrogen-bond donors (Lipinski definition) is 0. The van der Waals surface area contributed by atoms with E-state index >= 15 is 4.39 Å². The van der Waals surface area contributed by atoms with Gasteiger partial charge in [-0.1, -0.05) is 17.7 Å². The second-order valence-electron chi connectivity index (χ2n) is 9.02. The molecule has 5 rings (SSSR count). The maximum Gasteiger partial charge on any atom is 0.339 e. The van der Waals surface area contributed by atoms with Gasteiger partial charge in [-0.2, -0.15) is 17.2 Å². The highest BCUT2D eigenvalue weighted by Gasteiger charge is 2.31. The number of hydrogen-bond acceptors (Lipinski definition) is 6. The third kappa shape index (κ3) is 5.19. The molecular weight excluding hydrogens is 640 g/mol. The van der Waals surface area contributed by atoms with Crippen LogP contribution in [-0.2, 0) is 10.1 Å². The third-order valence-corrected chi connectivity index (χ3v) is 8.02.